The third kappa shape index (κ3) is 2.88. The average Bonchev–Trinajstić information content (AvgIpc) is 2.67. The van der Waals surface area contributed by atoms with Crippen molar-refractivity contribution in [2.24, 2.45) is 0 Å². The van der Waals surface area contributed by atoms with Crippen molar-refractivity contribution in [2.45, 2.75) is 6.92 Å². The van der Waals surface area contributed by atoms with Gasteiger partial charge in [0.2, 0.25) is 0 Å². The lowest BCUT2D eigenvalue weighted by atomic mass is 9.97. The van der Waals surface area contributed by atoms with Crippen LogP contribution in [0.4, 0.5) is 0 Å². The maximum absolute atomic E-state index is 9.18. The molecule has 0 saturated heterocycles. The highest BCUT2D eigenvalue weighted by Gasteiger charge is 2.10. The molecule has 2 nitrogen and oxygen atoms in total. The van der Waals surface area contributed by atoms with E-state index in [4.69, 9.17) is 4.98 Å². The molecule has 3 aromatic carbocycles. The molecule has 0 unspecified atom stereocenters. The van der Waals surface area contributed by atoms with E-state index in [1.54, 1.807) is 0 Å². The second kappa shape index (κ2) is 6.22. The molecule has 0 radical (unpaired) electrons. The predicted molar refractivity (Wildman–Crippen MR) is 102 cm³/mol. The molecular formula is C23H16N2. The van der Waals surface area contributed by atoms with Gasteiger partial charge in [0.05, 0.1) is 22.8 Å². The first-order valence-corrected chi connectivity index (χ1v) is 8.22. The quantitative estimate of drug-likeness (QED) is 0.471. The van der Waals surface area contributed by atoms with E-state index in [0.717, 1.165) is 33.3 Å². The summed E-state index contributed by atoms with van der Waals surface area (Å²) in [6.07, 6.45) is 0. The van der Waals surface area contributed by atoms with Crippen LogP contribution in [-0.4, -0.2) is 4.98 Å². The van der Waals surface area contributed by atoms with Crippen molar-refractivity contribution in [3.8, 4) is 28.5 Å². The van der Waals surface area contributed by atoms with Crippen LogP contribution in [0.2, 0.25) is 0 Å². The summed E-state index contributed by atoms with van der Waals surface area (Å²) < 4.78 is 0. The Morgan fingerprint density at radius 1 is 0.800 bits per heavy atom. The molecule has 4 aromatic rings. The number of nitriles is 1. The van der Waals surface area contributed by atoms with Crippen molar-refractivity contribution in [3.63, 3.8) is 0 Å². The summed E-state index contributed by atoms with van der Waals surface area (Å²) in [7, 11) is 0. The first kappa shape index (κ1) is 15.1. The molecule has 25 heavy (non-hydrogen) atoms. The Kier molecular flexibility index (Phi) is 3.76. The van der Waals surface area contributed by atoms with Crippen LogP contribution in [0.15, 0.2) is 78.9 Å². The average molecular weight is 320 g/mol. The van der Waals surface area contributed by atoms with Gasteiger partial charge in [0.1, 0.15) is 0 Å². The summed E-state index contributed by atoms with van der Waals surface area (Å²) in [5, 5.41) is 10.3. The van der Waals surface area contributed by atoms with Gasteiger partial charge in [0.15, 0.2) is 0 Å². The highest BCUT2D eigenvalue weighted by atomic mass is 14.7. The summed E-state index contributed by atoms with van der Waals surface area (Å²) >= 11 is 0. The maximum Gasteiger partial charge on any atom is 0.0991 e. The fourth-order valence-electron chi connectivity index (χ4n) is 3.09. The van der Waals surface area contributed by atoms with E-state index in [1.165, 1.54) is 5.56 Å². The van der Waals surface area contributed by atoms with E-state index < -0.39 is 0 Å². The van der Waals surface area contributed by atoms with Gasteiger partial charge in [-0.1, -0.05) is 54.6 Å². The van der Waals surface area contributed by atoms with Crippen LogP contribution in [0, 0.1) is 18.3 Å². The van der Waals surface area contributed by atoms with Gasteiger partial charge in [0, 0.05) is 10.9 Å². The zero-order chi connectivity index (χ0) is 17.2. The minimum absolute atomic E-state index is 0.643. The molecule has 0 aliphatic carbocycles. The Morgan fingerprint density at radius 3 is 2.40 bits per heavy atom. The predicted octanol–water partition coefficient (Wildman–Crippen LogP) is 5.75. The summed E-state index contributed by atoms with van der Waals surface area (Å²) in [6, 6.07) is 28.6. The molecule has 0 bridgehead atoms. The fraction of sp³-hybridized carbons (Fsp3) is 0.0435. The second-order valence-electron chi connectivity index (χ2n) is 6.13. The van der Waals surface area contributed by atoms with Gasteiger partial charge in [-0.3, -0.25) is 0 Å². The number of fused-ring (bicyclic) bond motifs is 1. The lowest BCUT2D eigenvalue weighted by Crippen LogP contribution is -1.91. The van der Waals surface area contributed by atoms with E-state index >= 15 is 0 Å². The lowest BCUT2D eigenvalue weighted by Gasteiger charge is -2.11. The molecule has 0 saturated carbocycles. The van der Waals surface area contributed by atoms with E-state index in [9.17, 15) is 5.26 Å². The zero-order valence-corrected chi connectivity index (χ0v) is 13.9. The van der Waals surface area contributed by atoms with Crippen molar-refractivity contribution < 1.29 is 0 Å². The van der Waals surface area contributed by atoms with Crippen LogP contribution < -0.4 is 0 Å². The molecule has 0 aliphatic rings. The molecule has 0 amide bonds. The van der Waals surface area contributed by atoms with Gasteiger partial charge in [-0.25, -0.2) is 4.98 Å². The molecule has 0 spiro atoms. The minimum atomic E-state index is 0.643. The Balaban J connectivity index is 2.02. The van der Waals surface area contributed by atoms with E-state index in [0.29, 0.717) is 5.56 Å². The van der Waals surface area contributed by atoms with E-state index in [-0.39, 0.29) is 0 Å². The van der Waals surface area contributed by atoms with Crippen LogP contribution in [0.1, 0.15) is 11.1 Å². The Morgan fingerprint density at radius 2 is 1.60 bits per heavy atom. The van der Waals surface area contributed by atoms with Gasteiger partial charge in [-0.05, 0) is 47.9 Å². The smallest absolute Gasteiger partial charge is 0.0991 e. The van der Waals surface area contributed by atoms with Crippen molar-refractivity contribution in [1.82, 2.24) is 4.98 Å². The first-order valence-electron chi connectivity index (χ1n) is 8.22. The van der Waals surface area contributed by atoms with E-state index in [1.807, 2.05) is 42.5 Å². The van der Waals surface area contributed by atoms with Crippen LogP contribution in [0.25, 0.3) is 33.3 Å². The SMILES string of the molecule is Cc1ccc2c(-c3ccccc3)cc(-c3cccc(C#N)c3)nc2c1. The monoisotopic (exact) mass is 320 g/mol. The lowest BCUT2D eigenvalue weighted by molar-refractivity contribution is 1.37. The largest absolute Gasteiger partial charge is 0.248 e. The molecule has 118 valence electrons. The summed E-state index contributed by atoms with van der Waals surface area (Å²) in [4.78, 5) is 4.86. The molecular weight excluding hydrogens is 304 g/mol. The van der Waals surface area contributed by atoms with Gasteiger partial charge >= 0.3 is 0 Å². The van der Waals surface area contributed by atoms with Crippen LogP contribution in [0.3, 0.4) is 0 Å². The molecule has 4 rings (SSSR count). The molecule has 1 heterocycles. The van der Waals surface area contributed by atoms with Gasteiger partial charge in [-0.15, -0.1) is 0 Å². The molecule has 2 heteroatoms. The minimum Gasteiger partial charge on any atom is -0.248 e. The Labute approximate surface area is 147 Å². The standard InChI is InChI=1S/C23H16N2/c1-16-10-11-20-21(18-7-3-2-4-8-18)14-22(25-23(20)12-16)19-9-5-6-17(13-19)15-24/h2-14H,1H3. The number of hydrogen-bond donors (Lipinski definition) is 0. The third-order valence-corrected chi connectivity index (χ3v) is 4.34. The molecule has 0 aliphatic heterocycles. The fourth-order valence-corrected chi connectivity index (χ4v) is 3.09. The van der Waals surface area contributed by atoms with Crippen LogP contribution >= 0.6 is 0 Å². The Bertz CT molecular complexity index is 1110. The summed E-state index contributed by atoms with van der Waals surface area (Å²) in [6.45, 7) is 2.08. The number of nitrogens with zero attached hydrogens (tertiary/aromatic N) is 2. The highest BCUT2D eigenvalue weighted by Crippen LogP contribution is 2.32. The number of benzene rings is 3. The van der Waals surface area contributed by atoms with Crippen molar-refractivity contribution in [2.75, 3.05) is 0 Å². The molecule has 1 aromatic heterocycles. The second-order valence-corrected chi connectivity index (χ2v) is 6.13. The van der Waals surface area contributed by atoms with Crippen LogP contribution in [-0.2, 0) is 0 Å². The number of hydrogen-bond acceptors (Lipinski definition) is 2. The summed E-state index contributed by atoms with van der Waals surface area (Å²) in [5.74, 6) is 0. The topological polar surface area (TPSA) is 36.7 Å². The van der Waals surface area contributed by atoms with E-state index in [2.05, 4.69) is 49.4 Å². The van der Waals surface area contributed by atoms with Gasteiger partial charge in [-0.2, -0.15) is 5.26 Å². The van der Waals surface area contributed by atoms with Gasteiger partial charge in [0.25, 0.3) is 0 Å². The number of aromatic nitrogens is 1. The van der Waals surface area contributed by atoms with Crippen molar-refractivity contribution in [3.05, 3.63) is 90.0 Å². The maximum atomic E-state index is 9.18. The number of rotatable bonds is 2. The van der Waals surface area contributed by atoms with Gasteiger partial charge < -0.3 is 0 Å². The third-order valence-electron chi connectivity index (χ3n) is 4.34. The summed E-state index contributed by atoms with van der Waals surface area (Å²) in [5.41, 5.74) is 6.96. The normalized spacial score (nSPS) is 10.6. The highest BCUT2D eigenvalue weighted by molar-refractivity contribution is 5.97. The van der Waals surface area contributed by atoms with Crippen molar-refractivity contribution >= 4 is 10.9 Å². The molecule has 0 fully saturated rings. The van der Waals surface area contributed by atoms with Crippen molar-refractivity contribution in [1.29, 1.82) is 5.26 Å². The Hall–Kier alpha value is -3.44. The van der Waals surface area contributed by atoms with Crippen LogP contribution in [0.5, 0.6) is 0 Å². The number of pyridine rings is 1. The first-order chi connectivity index (χ1) is 12.2. The molecule has 0 atom stereocenters. The zero-order valence-electron chi connectivity index (χ0n) is 13.9. The molecule has 0 N–H and O–H groups in total. The number of aryl methyl sites for hydroxylation is 1.